The second-order valence-corrected chi connectivity index (χ2v) is 6.38. The SMILES string of the molecule is CCC(CC)N(Cc1ccc(F)cc1Br)CC(C)C. The Kier molecular flexibility index (Phi) is 7.01. The van der Waals surface area contributed by atoms with Gasteiger partial charge in [-0.3, -0.25) is 4.90 Å². The Hall–Kier alpha value is -0.410. The van der Waals surface area contributed by atoms with Crippen LogP contribution >= 0.6 is 15.9 Å². The minimum absolute atomic E-state index is 0.187. The largest absolute Gasteiger partial charge is 0.296 e. The van der Waals surface area contributed by atoms with E-state index in [9.17, 15) is 4.39 Å². The van der Waals surface area contributed by atoms with Crippen LogP contribution in [-0.4, -0.2) is 17.5 Å². The van der Waals surface area contributed by atoms with Gasteiger partial charge in [-0.1, -0.05) is 49.7 Å². The van der Waals surface area contributed by atoms with E-state index in [0.29, 0.717) is 12.0 Å². The Morgan fingerprint density at radius 3 is 2.32 bits per heavy atom. The first kappa shape index (κ1) is 16.6. The zero-order valence-electron chi connectivity index (χ0n) is 12.4. The molecule has 1 aromatic carbocycles. The summed E-state index contributed by atoms with van der Waals surface area (Å²) < 4.78 is 14.0. The highest BCUT2D eigenvalue weighted by Gasteiger charge is 2.17. The van der Waals surface area contributed by atoms with Crippen LogP contribution in [0.15, 0.2) is 22.7 Å². The fourth-order valence-electron chi connectivity index (χ4n) is 2.49. The van der Waals surface area contributed by atoms with Gasteiger partial charge in [0.1, 0.15) is 5.82 Å². The molecule has 0 aliphatic rings. The van der Waals surface area contributed by atoms with Crippen LogP contribution in [0, 0.1) is 11.7 Å². The molecule has 0 fully saturated rings. The number of benzene rings is 1. The molecule has 0 amide bonds. The van der Waals surface area contributed by atoms with Gasteiger partial charge in [-0.05, 0) is 36.5 Å². The summed E-state index contributed by atoms with van der Waals surface area (Å²) in [5, 5.41) is 0. The molecule has 19 heavy (non-hydrogen) atoms. The van der Waals surface area contributed by atoms with Crippen molar-refractivity contribution in [3.05, 3.63) is 34.1 Å². The first-order valence-corrected chi connectivity index (χ1v) is 7.95. The second kappa shape index (κ2) is 8.01. The summed E-state index contributed by atoms with van der Waals surface area (Å²) in [6.45, 7) is 10.9. The smallest absolute Gasteiger partial charge is 0.124 e. The Morgan fingerprint density at radius 1 is 1.21 bits per heavy atom. The lowest BCUT2D eigenvalue weighted by Crippen LogP contribution is -2.36. The molecule has 0 unspecified atom stereocenters. The predicted octanol–water partition coefficient (Wildman–Crippen LogP) is 5.23. The van der Waals surface area contributed by atoms with Gasteiger partial charge in [-0.2, -0.15) is 0 Å². The summed E-state index contributed by atoms with van der Waals surface area (Å²) >= 11 is 3.47. The van der Waals surface area contributed by atoms with Gasteiger partial charge >= 0.3 is 0 Å². The molecule has 1 nitrogen and oxygen atoms in total. The number of nitrogens with zero attached hydrogens (tertiary/aromatic N) is 1. The maximum Gasteiger partial charge on any atom is 0.124 e. The molecule has 0 bridgehead atoms. The van der Waals surface area contributed by atoms with Crippen LogP contribution in [0.4, 0.5) is 4.39 Å². The topological polar surface area (TPSA) is 3.24 Å². The van der Waals surface area contributed by atoms with Crippen LogP contribution in [0.2, 0.25) is 0 Å². The lowest BCUT2D eigenvalue weighted by atomic mass is 10.1. The average molecular weight is 330 g/mol. The van der Waals surface area contributed by atoms with Gasteiger partial charge in [0, 0.05) is 23.6 Å². The number of hydrogen-bond donors (Lipinski definition) is 0. The molecule has 108 valence electrons. The van der Waals surface area contributed by atoms with E-state index in [4.69, 9.17) is 0 Å². The summed E-state index contributed by atoms with van der Waals surface area (Å²) in [5.41, 5.74) is 1.16. The Bertz CT molecular complexity index is 388. The van der Waals surface area contributed by atoms with Crippen LogP contribution < -0.4 is 0 Å². The zero-order valence-corrected chi connectivity index (χ0v) is 14.0. The molecule has 0 saturated carbocycles. The third-order valence-electron chi connectivity index (χ3n) is 3.45. The Balaban J connectivity index is 2.86. The molecule has 0 aromatic heterocycles. The van der Waals surface area contributed by atoms with Gasteiger partial charge < -0.3 is 0 Å². The maximum atomic E-state index is 13.1. The number of halogens is 2. The van der Waals surface area contributed by atoms with Crippen molar-refractivity contribution in [2.75, 3.05) is 6.54 Å². The van der Waals surface area contributed by atoms with E-state index < -0.39 is 0 Å². The van der Waals surface area contributed by atoms with E-state index in [1.165, 1.54) is 0 Å². The van der Waals surface area contributed by atoms with Crippen molar-refractivity contribution >= 4 is 15.9 Å². The van der Waals surface area contributed by atoms with Gasteiger partial charge in [0.2, 0.25) is 0 Å². The van der Waals surface area contributed by atoms with E-state index in [2.05, 4.69) is 48.5 Å². The molecule has 0 radical (unpaired) electrons. The van der Waals surface area contributed by atoms with Crippen molar-refractivity contribution < 1.29 is 4.39 Å². The lowest BCUT2D eigenvalue weighted by molar-refractivity contribution is 0.157. The van der Waals surface area contributed by atoms with E-state index in [0.717, 1.165) is 36.0 Å². The third kappa shape index (κ3) is 5.23. The van der Waals surface area contributed by atoms with Crippen LogP contribution in [-0.2, 0) is 6.54 Å². The molecule has 0 saturated heterocycles. The highest BCUT2D eigenvalue weighted by Crippen LogP contribution is 2.22. The number of rotatable bonds is 7. The highest BCUT2D eigenvalue weighted by atomic mass is 79.9. The average Bonchev–Trinajstić information content (AvgIpc) is 2.33. The predicted molar refractivity (Wildman–Crippen MR) is 83.7 cm³/mol. The van der Waals surface area contributed by atoms with Crippen LogP contribution in [0.25, 0.3) is 0 Å². The number of hydrogen-bond acceptors (Lipinski definition) is 1. The summed E-state index contributed by atoms with van der Waals surface area (Å²) in [5.74, 6) is 0.452. The van der Waals surface area contributed by atoms with Crippen LogP contribution in [0.5, 0.6) is 0 Å². The van der Waals surface area contributed by atoms with E-state index in [-0.39, 0.29) is 5.82 Å². The first-order valence-electron chi connectivity index (χ1n) is 7.15. The minimum atomic E-state index is -0.187. The van der Waals surface area contributed by atoms with Crippen molar-refractivity contribution in [3.8, 4) is 0 Å². The molecular formula is C16H25BrFN. The molecule has 0 aliphatic carbocycles. The quantitative estimate of drug-likeness (QED) is 0.661. The first-order chi connectivity index (χ1) is 8.97. The second-order valence-electron chi connectivity index (χ2n) is 5.53. The zero-order chi connectivity index (χ0) is 14.4. The summed E-state index contributed by atoms with van der Waals surface area (Å²) in [6, 6.07) is 5.57. The fraction of sp³-hybridized carbons (Fsp3) is 0.625. The molecule has 0 N–H and O–H groups in total. The highest BCUT2D eigenvalue weighted by molar-refractivity contribution is 9.10. The van der Waals surface area contributed by atoms with Crippen molar-refractivity contribution in [1.29, 1.82) is 0 Å². The molecule has 3 heteroatoms. The van der Waals surface area contributed by atoms with Crippen LogP contribution in [0.1, 0.15) is 46.1 Å². The standard InChI is InChI=1S/C16H25BrFN/c1-5-15(6-2)19(10-12(3)4)11-13-7-8-14(18)9-16(13)17/h7-9,12,15H,5-6,10-11H2,1-4H3. The molecule has 0 atom stereocenters. The molecular weight excluding hydrogens is 305 g/mol. The molecule has 1 rings (SSSR count). The van der Waals surface area contributed by atoms with E-state index >= 15 is 0 Å². The van der Waals surface area contributed by atoms with Crippen molar-refractivity contribution in [3.63, 3.8) is 0 Å². The van der Waals surface area contributed by atoms with Gasteiger partial charge in [-0.25, -0.2) is 4.39 Å². The lowest BCUT2D eigenvalue weighted by Gasteiger charge is -2.32. The molecule has 0 heterocycles. The van der Waals surface area contributed by atoms with Gasteiger partial charge in [-0.15, -0.1) is 0 Å². The Morgan fingerprint density at radius 2 is 1.84 bits per heavy atom. The third-order valence-corrected chi connectivity index (χ3v) is 4.19. The van der Waals surface area contributed by atoms with Gasteiger partial charge in [0.15, 0.2) is 0 Å². The summed E-state index contributed by atoms with van der Waals surface area (Å²) in [4.78, 5) is 2.52. The monoisotopic (exact) mass is 329 g/mol. The van der Waals surface area contributed by atoms with Crippen LogP contribution in [0.3, 0.4) is 0 Å². The maximum absolute atomic E-state index is 13.1. The Labute approximate surface area is 125 Å². The summed E-state index contributed by atoms with van der Waals surface area (Å²) in [6.07, 6.45) is 2.31. The molecule has 0 spiro atoms. The minimum Gasteiger partial charge on any atom is -0.296 e. The van der Waals surface area contributed by atoms with Gasteiger partial charge in [0.05, 0.1) is 0 Å². The van der Waals surface area contributed by atoms with Crippen molar-refractivity contribution in [1.82, 2.24) is 4.90 Å². The van der Waals surface area contributed by atoms with Gasteiger partial charge in [0.25, 0.3) is 0 Å². The molecule has 0 aliphatic heterocycles. The summed E-state index contributed by atoms with van der Waals surface area (Å²) in [7, 11) is 0. The fourth-order valence-corrected chi connectivity index (χ4v) is 2.96. The molecule has 1 aromatic rings. The van der Waals surface area contributed by atoms with Crippen molar-refractivity contribution in [2.45, 2.75) is 53.1 Å². The van der Waals surface area contributed by atoms with E-state index in [1.54, 1.807) is 12.1 Å². The van der Waals surface area contributed by atoms with Crippen molar-refractivity contribution in [2.24, 2.45) is 5.92 Å². The van der Waals surface area contributed by atoms with E-state index in [1.807, 2.05) is 6.07 Å². The normalized spacial score (nSPS) is 11.8.